The fourth-order valence-corrected chi connectivity index (χ4v) is 4.29. The Hall–Kier alpha value is -1.55. The van der Waals surface area contributed by atoms with E-state index in [1.54, 1.807) is 0 Å². The first-order chi connectivity index (χ1) is 11.2. The van der Waals surface area contributed by atoms with Gasteiger partial charge in [0.25, 0.3) is 0 Å². The van der Waals surface area contributed by atoms with Crippen LogP contribution in [0.25, 0.3) is 0 Å². The summed E-state index contributed by atoms with van der Waals surface area (Å²) in [7, 11) is 0. The maximum Gasteiger partial charge on any atom is 0.224 e. The molecule has 1 aromatic carbocycles. The minimum atomic E-state index is 0.0497. The number of nitrogens with one attached hydrogen (secondary N) is 1. The summed E-state index contributed by atoms with van der Waals surface area (Å²) < 4.78 is 5.62. The normalized spacial score (nSPS) is 28.8. The molecule has 126 valence electrons. The van der Waals surface area contributed by atoms with E-state index in [9.17, 15) is 9.90 Å². The molecule has 2 saturated carbocycles. The fraction of sp³-hybridized carbons (Fsp3) is 0.632. The summed E-state index contributed by atoms with van der Waals surface area (Å²) in [5, 5.41) is 12.8. The number of hydrogen-bond acceptors (Lipinski definition) is 3. The van der Waals surface area contributed by atoms with E-state index in [1.807, 2.05) is 24.3 Å². The monoisotopic (exact) mass is 317 g/mol. The molecule has 2 aliphatic carbocycles. The zero-order chi connectivity index (χ0) is 16.2. The number of ether oxygens (including phenoxy) is 1. The van der Waals surface area contributed by atoms with Gasteiger partial charge >= 0.3 is 0 Å². The van der Waals surface area contributed by atoms with Gasteiger partial charge in [-0.25, -0.2) is 0 Å². The molecule has 0 saturated heterocycles. The molecule has 4 nitrogen and oxygen atoms in total. The van der Waals surface area contributed by atoms with Gasteiger partial charge in [0.15, 0.2) is 0 Å². The first-order valence-electron chi connectivity index (χ1n) is 8.83. The number of fused-ring (bicyclic) bond motifs is 2. The predicted octanol–water partition coefficient (Wildman–Crippen LogP) is 2.54. The minimum absolute atomic E-state index is 0.0497. The number of carbonyl (C=O) groups is 1. The average Bonchev–Trinajstić information content (AvgIpc) is 3.14. The molecule has 1 aromatic rings. The van der Waals surface area contributed by atoms with E-state index >= 15 is 0 Å². The molecule has 0 aliphatic heterocycles. The van der Waals surface area contributed by atoms with E-state index in [1.165, 1.54) is 12.8 Å². The molecule has 2 N–H and O–H groups in total. The lowest BCUT2D eigenvalue weighted by atomic mass is 9.85. The molecule has 0 radical (unpaired) electrons. The Bertz CT molecular complexity index is 545. The van der Waals surface area contributed by atoms with Gasteiger partial charge in [0.1, 0.15) is 5.75 Å². The number of aliphatic hydroxyl groups is 1. The molecule has 4 unspecified atom stereocenters. The van der Waals surface area contributed by atoms with Gasteiger partial charge in [-0.3, -0.25) is 4.79 Å². The number of amides is 1. The fourth-order valence-electron chi connectivity index (χ4n) is 4.29. The van der Waals surface area contributed by atoms with E-state index in [0.29, 0.717) is 24.9 Å². The highest BCUT2D eigenvalue weighted by Gasteiger charge is 2.47. The summed E-state index contributed by atoms with van der Waals surface area (Å²) >= 11 is 0. The van der Waals surface area contributed by atoms with Gasteiger partial charge in [-0.1, -0.05) is 19.1 Å². The van der Waals surface area contributed by atoms with Crippen molar-refractivity contribution in [3.8, 4) is 5.75 Å². The van der Waals surface area contributed by atoms with Crippen LogP contribution < -0.4 is 10.1 Å². The number of benzene rings is 1. The van der Waals surface area contributed by atoms with Crippen molar-refractivity contribution < 1.29 is 14.6 Å². The predicted molar refractivity (Wildman–Crippen MR) is 89.3 cm³/mol. The van der Waals surface area contributed by atoms with Crippen molar-refractivity contribution in [1.82, 2.24) is 5.32 Å². The summed E-state index contributed by atoms with van der Waals surface area (Å²) in [6.45, 7) is 2.95. The minimum Gasteiger partial charge on any atom is -0.494 e. The second-order valence-electron chi connectivity index (χ2n) is 6.95. The van der Waals surface area contributed by atoms with Crippen molar-refractivity contribution in [2.24, 2.45) is 17.8 Å². The molecule has 4 atom stereocenters. The standard InChI is InChI=1S/C19H27NO3/c1-2-8-23-16-5-3-4-13(9-16)10-18(22)20-19-15-7-6-14(11-15)17(19)12-21/h3-5,9,14-15,17,19,21H,2,6-8,10-12H2,1H3,(H,20,22). The molecule has 0 aromatic heterocycles. The van der Waals surface area contributed by atoms with Crippen LogP contribution in [-0.2, 0) is 11.2 Å². The molecule has 1 amide bonds. The molecule has 0 spiro atoms. The number of carbonyl (C=O) groups excluding carboxylic acids is 1. The summed E-state index contributed by atoms with van der Waals surface area (Å²) in [5.74, 6) is 2.28. The maximum absolute atomic E-state index is 12.4. The average molecular weight is 317 g/mol. The smallest absolute Gasteiger partial charge is 0.224 e. The van der Waals surface area contributed by atoms with E-state index in [0.717, 1.165) is 24.2 Å². The van der Waals surface area contributed by atoms with Crippen molar-refractivity contribution in [2.75, 3.05) is 13.2 Å². The van der Waals surface area contributed by atoms with Crippen LogP contribution in [0.1, 0.15) is 38.2 Å². The van der Waals surface area contributed by atoms with Crippen LogP contribution in [0.4, 0.5) is 0 Å². The summed E-state index contributed by atoms with van der Waals surface area (Å²) in [6.07, 6.45) is 4.90. The molecular weight excluding hydrogens is 290 g/mol. The highest BCUT2D eigenvalue weighted by Crippen LogP contribution is 2.48. The lowest BCUT2D eigenvalue weighted by Gasteiger charge is -2.30. The molecule has 2 bridgehead atoms. The second-order valence-corrected chi connectivity index (χ2v) is 6.95. The zero-order valence-electron chi connectivity index (χ0n) is 13.8. The van der Waals surface area contributed by atoms with Gasteiger partial charge < -0.3 is 15.2 Å². The summed E-state index contributed by atoms with van der Waals surface area (Å²) in [4.78, 5) is 12.4. The number of rotatable bonds is 7. The molecule has 23 heavy (non-hydrogen) atoms. The Morgan fingerprint density at radius 1 is 1.35 bits per heavy atom. The first kappa shape index (κ1) is 16.3. The van der Waals surface area contributed by atoms with Crippen LogP contribution >= 0.6 is 0 Å². The van der Waals surface area contributed by atoms with Gasteiger partial charge in [0.05, 0.1) is 13.0 Å². The topological polar surface area (TPSA) is 58.6 Å². The van der Waals surface area contributed by atoms with Crippen molar-refractivity contribution in [3.05, 3.63) is 29.8 Å². The van der Waals surface area contributed by atoms with Crippen molar-refractivity contribution in [3.63, 3.8) is 0 Å². The zero-order valence-corrected chi connectivity index (χ0v) is 13.8. The molecule has 0 heterocycles. The van der Waals surface area contributed by atoms with Crippen LogP contribution in [0, 0.1) is 17.8 Å². The van der Waals surface area contributed by atoms with E-state index in [2.05, 4.69) is 12.2 Å². The molecular formula is C19H27NO3. The van der Waals surface area contributed by atoms with Crippen molar-refractivity contribution in [1.29, 1.82) is 0 Å². The molecule has 2 aliphatic rings. The highest BCUT2D eigenvalue weighted by molar-refractivity contribution is 5.79. The van der Waals surface area contributed by atoms with E-state index in [-0.39, 0.29) is 24.5 Å². The Morgan fingerprint density at radius 3 is 2.96 bits per heavy atom. The third-order valence-electron chi connectivity index (χ3n) is 5.36. The third kappa shape index (κ3) is 3.69. The molecule has 4 heteroatoms. The Balaban J connectivity index is 1.57. The van der Waals surface area contributed by atoms with Gasteiger partial charge in [-0.15, -0.1) is 0 Å². The van der Waals surface area contributed by atoms with Crippen molar-refractivity contribution >= 4 is 5.91 Å². The van der Waals surface area contributed by atoms with E-state index < -0.39 is 0 Å². The molecule has 2 fully saturated rings. The van der Waals surface area contributed by atoms with Crippen LogP contribution in [0.5, 0.6) is 5.75 Å². The first-order valence-corrected chi connectivity index (χ1v) is 8.83. The van der Waals surface area contributed by atoms with Gasteiger partial charge in [-0.2, -0.15) is 0 Å². The van der Waals surface area contributed by atoms with Gasteiger partial charge in [-0.05, 0) is 55.2 Å². The summed E-state index contributed by atoms with van der Waals surface area (Å²) in [5.41, 5.74) is 0.972. The third-order valence-corrected chi connectivity index (χ3v) is 5.36. The number of aliphatic hydroxyl groups excluding tert-OH is 1. The quantitative estimate of drug-likeness (QED) is 0.812. The lowest BCUT2D eigenvalue weighted by molar-refractivity contribution is -0.122. The van der Waals surface area contributed by atoms with Gasteiger partial charge in [0, 0.05) is 18.6 Å². The highest BCUT2D eigenvalue weighted by atomic mass is 16.5. The van der Waals surface area contributed by atoms with Crippen molar-refractivity contribution in [2.45, 2.75) is 45.1 Å². The maximum atomic E-state index is 12.4. The molecule has 3 rings (SSSR count). The van der Waals surface area contributed by atoms with Crippen LogP contribution in [0.2, 0.25) is 0 Å². The number of hydrogen-bond donors (Lipinski definition) is 2. The lowest BCUT2D eigenvalue weighted by Crippen LogP contribution is -2.45. The SMILES string of the molecule is CCCOc1cccc(CC(=O)NC2C3CCC(C3)C2CO)c1. The Kier molecular flexibility index (Phi) is 5.21. The second kappa shape index (κ2) is 7.35. The van der Waals surface area contributed by atoms with Crippen LogP contribution in [0.15, 0.2) is 24.3 Å². The van der Waals surface area contributed by atoms with Gasteiger partial charge in [0.2, 0.25) is 5.91 Å². The Morgan fingerprint density at radius 2 is 2.17 bits per heavy atom. The van der Waals surface area contributed by atoms with Crippen LogP contribution in [-0.4, -0.2) is 30.3 Å². The van der Waals surface area contributed by atoms with Crippen LogP contribution in [0.3, 0.4) is 0 Å². The summed E-state index contributed by atoms with van der Waals surface area (Å²) in [6, 6.07) is 7.92. The largest absolute Gasteiger partial charge is 0.494 e. The van der Waals surface area contributed by atoms with E-state index in [4.69, 9.17) is 4.74 Å². The Labute approximate surface area is 138 Å².